The third-order valence-corrected chi connectivity index (χ3v) is 7.62. The summed E-state index contributed by atoms with van der Waals surface area (Å²) in [6, 6.07) is 4.18. The molecule has 1 atom stereocenters. The third kappa shape index (κ3) is 4.22. The number of hydrogen-bond acceptors (Lipinski definition) is 7. The molecule has 0 spiro atoms. The first-order chi connectivity index (χ1) is 15.4. The molecule has 2 aromatic rings. The number of benzene rings is 1. The van der Waals surface area contributed by atoms with Crippen molar-refractivity contribution in [3.63, 3.8) is 0 Å². The van der Waals surface area contributed by atoms with Crippen molar-refractivity contribution in [3.05, 3.63) is 39.8 Å². The quantitative estimate of drug-likeness (QED) is 0.580. The Kier molecular flexibility index (Phi) is 6.45. The minimum atomic E-state index is -3.80. The van der Waals surface area contributed by atoms with Gasteiger partial charge in [-0.05, 0) is 37.8 Å². The molecular weight excluding hydrogens is 432 g/mol. The summed E-state index contributed by atoms with van der Waals surface area (Å²) in [6.45, 7) is 1.47. The van der Waals surface area contributed by atoms with Gasteiger partial charge in [-0.25, -0.2) is 18.1 Å². The van der Waals surface area contributed by atoms with Crippen LogP contribution in [-0.4, -0.2) is 49.5 Å². The van der Waals surface area contributed by atoms with Crippen molar-refractivity contribution in [2.24, 2.45) is 10.9 Å². The normalized spacial score (nSPS) is 19.0. The highest BCUT2D eigenvalue weighted by Crippen LogP contribution is 2.40. The van der Waals surface area contributed by atoms with E-state index in [-0.39, 0.29) is 35.4 Å². The Balaban J connectivity index is 1.73. The molecule has 1 aromatic heterocycles. The molecule has 1 aromatic carbocycles. The number of H-pyrrole nitrogens is 1. The summed E-state index contributed by atoms with van der Waals surface area (Å²) < 4.78 is 32.5. The third-order valence-electron chi connectivity index (χ3n) is 6.17. The lowest BCUT2D eigenvalue weighted by atomic mass is 9.82. The molecule has 0 radical (unpaired) electrons. The van der Waals surface area contributed by atoms with E-state index in [4.69, 9.17) is 19.8 Å². The zero-order valence-electron chi connectivity index (χ0n) is 18.2. The van der Waals surface area contributed by atoms with Crippen LogP contribution in [0.1, 0.15) is 56.3 Å². The molecule has 0 bridgehead atoms. The Morgan fingerprint density at radius 3 is 2.69 bits per heavy atom. The van der Waals surface area contributed by atoms with Crippen molar-refractivity contribution in [2.45, 2.75) is 50.0 Å². The van der Waals surface area contributed by atoms with E-state index in [9.17, 15) is 13.2 Å². The van der Waals surface area contributed by atoms with Gasteiger partial charge in [0.05, 0.1) is 47.2 Å². The number of aromatic nitrogens is 2. The molecule has 32 heavy (non-hydrogen) atoms. The number of aliphatic hydroxyl groups excluding tert-OH is 1. The van der Waals surface area contributed by atoms with E-state index in [0.29, 0.717) is 28.6 Å². The fourth-order valence-electron chi connectivity index (χ4n) is 4.58. The highest BCUT2D eigenvalue weighted by atomic mass is 32.2. The number of hydrogen-bond donors (Lipinski definition) is 3. The molecule has 1 aliphatic heterocycles. The van der Waals surface area contributed by atoms with Gasteiger partial charge in [0, 0.05) is 12.6 Å². The van der Waals surface area contributed by atoms with Crippen molar-refractivity contribution >= 4 is 15.7 Å². The SMILES string of the molecule is COc1cc(S(=O)(=O)NCCO)ccc1-c1nc2c(c(=O)[nH]1)C(C1CCCCC1)N=C2C. The summed E-state index contributed by atoms with van der Waals surface area (Å²) in [5.41, 5.74) is 2.23. The van der Waals surface area contributed by atoms with Gasteiger partial charge < -0.3 is 14.8 Å². The second kappa shape index (κ2) is 9.13. The Labute approximate surface area is 187 Å². The first-order valence-corrected chi connectivity index (χ1v) is 12.3. The van der Waals surface area contributed by atoms with Crippen LogP contribution in [0.4, 0.5) is 0 Å². The van der Waals surface area contributed by atoms with Crippen molar-refractivity contribution in [3.8, 4) is 17.1 Å². The number of aliphatic imine (C=N–C) groups is 1. The molecule has 4 rings (SSSR count). The second-order valence-corrected chi connectivity index (χ2v) is 9.98. The number of aliphatic hydroxyl groups is 1. The van der Waals surface area contributed by atoms with E-state index in [1.807, 2.05) is 6.92 Å². The largest absolute Gasteiger partial charge is 0.496 e. The van der Waals surface area contributed by atoms with Crippen molar-refractivity contribution in [1.82, 2.24) is 14.7 Å². The highest BCUT2D eigenvalue weighted by molar-refractivity contribution is 7.89. The van der Waals surface area contributed by atoms with Crippen LogP contribution in [0, 0.1) is 5.92 Å². The Bertz CT molecular complexity index is 1200. The zero-order chi connectivity index (χ0) is 22.9. The molecule has 0 saturated heterocycles. The Morgan fingerprint density at radius 2 is 2.00 bits per heavy atom. The number of methoxy groups -OCH3 is 1. The van der Waals surface area contributed by atoms with Gasteiger partial charge in [0.1, 0.15) is 11.6 Å². The average molecular weight is 461 g/mol. The monoisotopic (exact) mass is 460 g/mol. The molecule has 0 amide bonds. The van der Waals surface area contributed by atoms with Gasteiger partial charge in [0.25, 0.3) is 5.56 Å². The fourth-order valence-corrected chi connectivity index (χ4v) is 5.62. The van der Waals surface area contributed by atoms with Crippen LogP contribution in [0.25, 0.3) is 11.4 Å². The number of aromatic amines is 1. The Hall–Kier alpha value is -2.56. The summed E-state index contributed by atoms with van der Waals surface area (Å²) in [7, 11) is -2.38. The van der Waals surface area contributed by atoms with Crippen LogP contribution < -0.4 is 15.0 Å². The van der Waals surface area contributed by atoms with Crippen LogP contribution in [0.5, 0.6) is 5.75 Å². The molecule has 1 fully saturated rings. The maximum absolute atomic E-state index is 13.1. The predicted molar refractivity (Wildman–Crippen MR) is 121 cm³/mol. The van der Waals surface area contributed by atoms with E-state index in [2.05, 4.69) is 9.71 Å². The molecular formula is C22H28N4O5S. The lowest BCUT2D eigenvalue weighted by Gasteiger charge is -2.25. The van der Waals surface area contributed by atoms with E-state index in [1.165, 1.54) is 25.7 Å². The molecule has 2 heterocycles. The first kappa shape index (κ1) is 22.6. The number of ether oxygens (including phenoxy) is 1. The lowest BCUT2D eigenvalue weighted by Crippen LogP contribution is -2.26. The predicted octanol–water partition coefficient (Wildman–Crippen LogP) is 2.16. The molecule has 1 unspecified atom stereocenters. The van der Waals surface area contributed by atoms with Crippen LogP contribution in [0.2, 0.25) is 0 Å². The number of nitrogens with one attached hydrogen (secondary N) is 2. The lowest BCUT2D eigenvalue weighted by molar-refractivity contribution is 0.301. The van der Waals surface area contributed by atoms with E-state index in [1.54, 1.807) is 6.07 Å². The smallest absolute Gasteiger partial charge is 0.257 e. The molecule has 9 nitrogen and oxygen atoms in total. The van der Waals surface area contributed by atoms with E-state index < -0.39 is 10.0 Å². The maximum Gasteiger partial charge on any atom is 0.257 e. The van der Waals surface area contributed by atoms with Gasteiger partial charge in [-0.1, -0.05) is 19.3 Å². The van der Waals surface area contributed by atoms with Crippen molar-refractivity contribution in [1.29, 1.82) is 0 Å². The van der Waals surface area contributed by atoms with Gasteiger partial charge in [-0.15, -0.1) is 0 Å². The maximum atomic E-state index is 13.1. The standard InChI is InChI=1S/C22H28N4O5S/c1-13-19-18(20(24-13)14-6-4-3-5-7-14)22(28)26-21(25-19)16-9-8-15(12-17(16)31-2)32(29,30)23-10-11-27/h8-9,12,14,20,23,27H,3-7,10-11H2,1-2H3,(H,25,26,28). The number of rotatable bonds is 7. The molecule has 2 aliphatic rings. The minimum Gasteiger partial charge on any atom is -0.496 e. The number of nitrogens with zero attached hydrogens (tertiary/aromatic N) is 2. The van der Waals surface area contributed by atoms with Gasteiger partial charge in [0.2, 0.25) is 10.0 Å². The molecule has 3 N–H and O–H groups in total. The average Bonchev–Trinajstić information content (AvgIpc) is 3.15. The topological polar surface area (TPSA) is 134 Å². The minimum absolute atomic E-state index is 0.00911. The summed E-state index contributed by atoms with van der Waals surface area (Å²) in [5, 5.41) is 8.89. The van der Waals surface area contributed by atoms with Gasteiger partial charge in [0.15, 0.2) is 0 Å². The number of sulfonamides is 1. The van der Waals surface area contributed by atoms with Crippen molar-refractivity contribution < 1.29 is 18.3 Å². The van der Waals surface area contributed by atoms with Gasteiger partial charge >= 0.3 is 0 Å². The van der Waals surface area contributed by atoms with Crippen molar-refractivity contribution in [2.75, 3.05) is 20.3 Å². The summed E-state index contributed by atoms with van der Waals surface area (Å²) >= 11 is 0. The van der Waals surface area contributed by atoms with Gasteiger partial charge in [-0.3, -0.25) is 9.79 Å². The number of fused-ring (bicyclic) bond motifs is 1. The second-order valence-electron chi connectivity index (χ2n) is 8.22. The van der Waals surface area contributed by atoms with Gasteiger partial charge in [-0.2, -0.15) is 0 Å². The Morgan fingerprint density at radius 1 is 1.25 bits per heavy atom. The van der Waals surface area contributed by atoms with Crippen LogP contribution in [0.3, 0.4) is 0 Å². The molecule has 172 valence electrons. The molecule has 10 heteroatoms. The van der Waals surface area contributed by atoms with Crippen LogP contribution in [-0.2, 0) is 10.0 Å². The van der Waals surface area contributed by atoms with E-state index >= 15 is 0 Å². The highest BCUT2D eigenvalue weighted by Gasteiger charge is 2.35. The fraction of sp³-hybridized carbons (Fsp3) is 0.500. The first-order valence-electron chi connectivity index (χ1n) is 10.8. The van der Waals surface area contributed by atoms with E-state index in [0.717, 1.165) is 31.4 Å². The molecule has 1 aliphatic carbocycles. The molecule has 1 saturated carbocycles. The summed E-state index contributed by atoms with van der Waals surface area (Å²) in [4.78, 5) is 25.4. The zero-order valence-corrected chi connectivity index (χ0v) is 19.0. The van der Waals surface area contributed by atoms with Crippen LogP contribution >= 0.6 is 0 Å². The summed E-state index contributed by atoms with van der Waals surface area (Å²) in [5.74, 6) is 0.923. The summed E-state index contributed by atoms with van der Waals surface area (Å²) in [6.07, 6.45) is 5.68. The van der Waals surface area contributed by atoms with Crippen LogP contribution in [0.15, 0.2) is 32.9 Å².